The van der Waals surface area contributed by atoms with E-state index in [2.05, 4.69) is 10.00 Å². The predicted octanol–water partition coefficient (Wildman–Crippen LogP) is 5.31. The summed E-state index contributed by atoms with van der Waals surface area (Å²) in [6.45, 7) is 2.52. The number of halogens is 2. The van der Waals surface area contributed by atoms with Crippen molar-refractivity contribution in [1.29, 1.82) is 0 Å². The molecule has 1 aromatic carbocycles. The molecule has 0 bridgehead atoms. The first-order chi connectivity index (χ1) is 17.3. The van der Waals surface area contributed by atoms with Crippen LogP contribution in [0.15, 0.2) is 24.4 Å². The van der Waals surface area contributed by atoms with Crippen LogP contribution in [0.3, 0.4) is 0 Å². The first-order valence-electron chi connectivity index (χ1n) is 13.1. The molecule has 4 heterocycles. The number of rotatable bonds is 7. The molecule has 2 fully saturated rings. The van der Waals surface area contributed by atoms with Crippen LogP contribution in [0.1, 0.15) is 59.5 Å². The van der Waals surface area contributed by atoms with Gasteiger partial charge in [-0.05, 0) is 50.1 Å². The van der Waals surface area contributed by atoms with Gasteiger partial charge in [-0.15, -0.1) is 11.3 Å². The van der Waals surface area contributed by atoms with E-state index in [1.807, 2.05) is 31.4 Å². The molecule has 0 amide bonds. The number of benzene rings is 1. The van der Waals surface area contributed by atoms with Crippen LogP contribution in [-0.4, -0.2) is 57.5 Å². The Labute approximate surface area is 214 Å². The van der Waals surface area contributed by atoms with Crippen molar-refractivity contribution in [2.75, 3.05) is 31.1 Å². The van der Waals surface area contributed by atoms with Crippen molar-refractivity contribution in [3.63, 3.8) is 0 Å². The SMILES string of the molecule is Cn1cc2c(C(=O)CC3CCC(CCN4CCc5sc(N6CC(F)(F)C6)nc5C4)CC3)cccc2n1. The van der Waals surface area contributed by atoms with E-state index in [1.165, 1.54) is 24.1 Å². The van der Waals surface area contributed by atoms with E-state index < -0.39 is 5.92 Å². The molecule has 0 spiro atoms. The van der Waals surface area contributed by atoms with Crippen molar-refractivity contribution >= 4 is 33.2 Å². The summed E-state index contributed by atoms with van der Waals surface area (Å²) < 4.78 is 28.2. The first kappa shape index (κ1) is 24.0. The van der Waals surface area contributed by atoms with Crippen LogP contribution < -0.4 is 4.90 Å². The van der Waals surface area contributed by atoms with Crippen LogP contribution in [0.5, 0.6) is 0 Å². The minimum atomic E-state index is -2.56. The van der Waals surface area contributed by atoms with Crippen molar-refractivity contribution in [3.05, 3.63) is 40.5 Å². The fraction of sp³-hybridized carbons (Fsp3) is 0.593. The molecule has 3 aliphatic rings. The van der Waals surface area contributed by atoms with E-state index in [0.29, 0.717) is 18.3 Å². The van der Waals surface area contributed by atoms with E-state index in [1.54, 1.807) is 20.9 Å². The third-order valence-electron chi connectivity index (χ3n) is 8.17. The maximum Gasteiger partial charge on any atom is 0.282 e. The van der Waals surface area contributed by atoms with Gasteiger partial charge >= 0.3 is 0 Å². The largest absolute Gasteiger partial charge is 0.336 e. The van der Waals surface area contributed by atoms with Gasteiger partial charge in [0.15, 0.2) is 10.9 Å². The fourth-order valence-electron chi connectivity index (χ4n) is 6.08. The maximum atomic E-state index is 13.2. The van der Waals surface area contributed by atoms with E-state index in [-0.39, 0.29) is 18.9 Å². The van der Waals surface area contributed by atoms with Crippen LogP contribution in [-0.2, 0) is 20.0 Å². The first-order valence-corrected chi connectivity index (χ1v) is 13.9. The summed E-state index contributed by atoms with van der Waals surface area (Å²) in [7, 11) is 1.89. The summed E-state index contributed by atoms with van der Waals surface area (Å²) in [4.78, 5) is 23.2. The molecule has 36 heavy (non-hydrogen) atoms. The van der Waals surface area contributed by atoms with Gasteiger partial charge in [0.25, 0.3) is 5.92 Å². The molecule has 192 valence electrons. The van der Waals surface area contributed by atoms with Crippen LogP contribution in [0.2, 0.25) is 0 Å². The number of thiazole rings is 1. The number of anilines is 1. The van der Waals surface area contributed by atoms with Gasteiger partial charge in [-0.3, -0.25) is 14.4 Å². The zero-order valence-electron chi connectivity index (χ0n) is 20.8. The Hall–Kier alpha value is -2.39. The Balaban J connectivity index is 0.959. The van der Waals surface area contributed by atoms with Crippen LogP contribution in [0.25, 0.3) is 10.9 Å². The van der Waals surface area contributed by atoms with Crippen molar-refractivity contribution in [3.8, 4) is 0 Å². The van der Waals surface area contributed by atoms with Crippen molar-refractivity contribution in [1.82, 2.24) is 19.7 Å². The fourth-order valence-corrected chi connectivity index (χ4v) is 7.13. The summed E-state index contributed by atoms with van der Waals surface area (Å²) >= 11 is 1.60. The number of carbonyl (C=O) groups is 1. The number of fused-ring (bicyclic) bond motifs is 2. The Morgan fingerprint density at radius 1 is 1.17 bits per heavy atom. The molecular weight excluding hydrogens is 480 g/mol. The second-order valence-corrected chi connectivity index (χ2v) is 12.0. The number of hydrogen-bond acceptors (Lipinski definition) is 6. The highest BCUT2D eigenvalue weighted by atomic mass is 32.1. The van der Waals surface area contributed by atoms with E-state index in [0.717, 1.165) is 66.2 Å². The summed E-state index contributed by atoms with van der Waals surface area (Å²) in [5.74, 6) is -1.13. The average Bonchev–Trinajstić information content (AvgIpc) is 3.43. The highest BCUT2D eigenvalue weighted by molar-refractivity contribution is 7.15. The van der Waals surface area contributed by atoms with Gasteiger partial charge in [0, 0.05) is 48.6 Å². The van der Waals surface area contributed by atoms with E-state index in [4.69, 9.17) is 4.98 Å². The van der Waals surface area contributed by atoms with Crippen LogP contribution >= 0.6 is 11.3 Å². The molecule has 1 saturated heterocycles. The van der Waals surface area contributed by atoms with Crippen LogP contribution in [0.4, 0.5) is 13.9 Å². The number of nitrogens with zero attached hydrogens (tertiary/aromatic N) is 5. The molecular formula is C27H33F2N5OS. The molecule has 6 nitrogen and oxygen atoms in total. The van der Waals surface area contributed by atoms with Gasteiger partial charge in [0.05, 0.1) is 24.3 Å². The lowest BCUT2D eigenvalue weighted by molar-refractivity contribution is -0.0263. The third kappa shape index (κ3) is 4.92. The monoisotopic (exact) mass is 513 g/mol. The average molecular weight is 514 g/mol. The van der Waals surface area contributed by atoms with Gasteiger partial charge in [-0.25, -0.2) is 13.8 Å². The highest BCUT2D eigenvalue weighted by Gasteiger charge is 2.45. The zero-order chi connectivity index (χ0) is 24.9. The molecule has 6 rings (SSSR count). The Kier molecular flexibility index (Phi) is 6.32. The van der Waals surface area contributed by atoms with Gasteiger partial charge < -0.3 is 4.90 Å². The summed E-state index contributed by atoms with van der Waals surface area (Å²) in [6.07, 6.45) is 9.36. The quantitative estimate of drug-likeness (QED) is 0.401. The standard InChI is InChI=1S/C27H33F2N5OS/c1-32-14-21-20(3-2-4-22(21)31-32)24(35)13-19-7-5-18(6-8-19)9-11-33-12-10-25-23(15-33)30-26(36-25)34-16-27(28,29)17-34/h2-4,14,18-19H,5-13,15-17H2,1H3. The second-order valence-electron chi connectivity index (χ2n) is 10.9. The number of Topliss-reactive ketones (excluding diaryl/α,β-unsaturated/α-hetero) is 1. The smallest absolute Gasteiger partial charge is 0.282 e. The number of ketones is 1. The van der Waals surface area contributed by atoms with Gasteiger partial charge in [0.1, 0.15) is 0 Å². The number of hydrogen-bond donors (Lipinski definition) is 0. The Morgan fingerprint density at radius 3 is 2.72 bits per heavy atom. The van der Waals surface area contributed by atoms with Crippen LogP contribution in [0, 0.1) is 11.8 Å². The number of alkyl halides is 2. The minimum Gasteiger partial charge on any atom is -0.336 e. The van der Waals surface area contributed by atoms with E-state index in [9.17, 15) is 13.6 Å². The molecule has 0 unspecified atom stereocenters. The minimum absolute atomic E-state index is 0.198. The Morgan fingerprint density at radius 2 is 1.94 bits per heavy atom. The molecule has 0 radical (unpaired) electrons. The molecule has 0 atom stereocenters. The number of aromatic nitrogens is 3. The second kappa shape index (κ2) is 9.49. The molecule has 1 aliphatic carbocycles. The lowest BCUT2D eigenvalue weighted by atomic mass is 9.78. The number of carbonyl (C=O) groups excluding carboxylic acids is 1. The van der Waals surface area contributed by atoms with Crippen molar-refractivity contribution in [2.45, 2.75) is 57.4 Å². The Bertz CT molecular complexity index is 1250. The summed E-state index contributed by atoms with van der Waals surface area (Å²) in [6, 6.07) is 5.83. The van der Waals surface area contributed by atoms with Crippen molar-refractivity contribution in [2.24, 2.45) is 18.9 Å². The van der Waals surface area contributed by atoms with E-state index >= 15 is 0 Å². The zero-order valence-corrected chi connectivity index (χ0v) is 21.6. The highest BCUT2D eigenvalue weighted by Crippen LogP contribution is 2.38. The molecule has 0 N–H and O–H groups in total. The normalized spacial score (nSPS) is 24.0. The summed E-state index contributed by atoms with van der Waals surface area (Å²) in [5, 5.41) is 6.15. The van der Waals surface area contributed by atoms with Crippen molar-refractivity contribution < 1.29 is 13.6 Å². The molecule has 9 heteroatoms. The topological polar surface area (TPSA) is 54.3 Å². The molecule has 3 aromatic rings. The van der Waals surface area contributed by atoms with Gasteiger partial charge in [-0.1, -0.05) is 25.0 Å². The molecule has 2 aliphatic heterocycles. The van der Waals surface area contributed by atoms with Gasteiger partial charge in [0.2, 0.25) is 0 Å². The lowest BCUT2D eigenvalue weighted by Crippen LogP contribution is -2.56. The third-order valence-corrected chi connectivity index (χ3v) is 9.39. The summed E-state index contributed by atoms with van der Waals surface area (Å²) in [5.41, 5.74) is 2.77. The lowest BCUT2D eigenvalue weighted by Gasteiger charge is -2.38. The number of aryl methyl sites for hydroxylation is 1. The van der Waals surface area contributed by atoms with Gasteiger partial charge in [-0.2, -0.15) is 5.10 Å². The predicted molar refractivity (Wildman–Crippen MR) is 138 cm³/mol. The molecule has 1 saturated carbocycles. The molecule has 2 aromatic heterocycles. The maximum absolute atomic E-state index is 13.2.